The molecule has 0 spiro atoms. The lowest BCUT2D eigenvalue weighted by atomic mass is 9.95. The predicted octanol–water partition coefficient (Wildman–Crippen LogP) is 6.37. The molecular formula is C29H32N4O. The van der Waals surface area contributed by atoms with Crippen LogP contribution < -0.4 is 10.6 Å². The van der Waals surface area contributed by atoms with Gasteiger partial charge in [-0.3, -0.25) is 9.88 Å². The summed E-state index contributed by atoms with van der Waals surface area (Å²) in [4.78, 5) is 19.7. The fraction of sp³-hybridized carbons (Fsp3) is 0.310. The maximum atomic E-state index is 12.7. The van der Waals surface area contributed by atoms with Crippen LogP contribution in [-0.2, 0) is 25.9 Å². The smallest absolute Gasteiger partial charge is 0.308 e. The molecule has 5 nitrogen and oxygen atoms in total. The molecule has 2 heterocycles. The number of nitrogens with one attached hydrogen (secondary N) is 2. The van der Waals surface area contributed by atoms with Gasteiger partial charge < -0.3 is 10.6 Å². The molecule has 1 aliphatic carbocycles. The van der Waals surface area contributed by atoms with Gasteiger partial charge in [0.15, 0.2) is 0 Å². The highest BCUT2D eigenvalue weighted by Gasteiger charge is 2.21. The van der Waals surface area contributed by atoms with Gasteiger partial charge in [-0.15, -0.1) is 0 Å². The first-order chi connectivity index (χ1) is 16.6. The number of rotatable bonds is 5. The van der Waals surface area contributed by atoms with Crippen LogP contribution in [0.4, 0.5) is 16.2 Å². The van der Waals surface area contributed by atoms with E-state index in [9.17, 15) is 4.79 Å². The van der Waals surface area contributed by atoms with Crippen LogP contribution in [-0.4, -0.2) is 22.5 Å². The van der Waals surface area contributed by atoms with Crippen molar-refractivity contribution in [3.63, 3.8) is 0 Å². The molecule has 1 aliphatic heterocycles. The average molecular weight is 453 g/mol. The molecule has 2 aromatic carbocycles. The highest BCUT2D eigenvalue weighted by atomic mass is 16.2. The van der Waals surface area contributed by atoms with Gasteiger partial charge in [0.1, 0.15) is 0 Å². The van der Waals surface area contributed by atoms with E-state index in [4.69, 9.17) is 0 Å². The maximum absolute atomic E-state index is 12.7. The molecule has 0 saturated heterocycles. The average Bonchev–Trinajstić information content (AvgIpc) is 2.84. The van der Waals surface area contributed by atoms with Crippen LogP contribution >= 0.6 is 0 Å². The molecule has 1 aromatic heterocycles. The number of pyridine rings is 1. The number of carbonyl (C=O) groups excluding carboxylic acids is 1. The fourth-order valence-corrected chi connectivity index (χ4v) is 4.92. The Kier molecular flexibility index (Phi) is 6.45. The molecule has 5 rings (SSSR count). The van der Waals surface area contributed by atoms with Gasteiger partial charge in [0, 0.05) is 48.5 Å². The van der Waals surface area contributed by atoms with Crippen molar-refractivity contribution >= 4 is 23.5 Å². The van der Waals surface area contributed by atoms with Crippen molar-refractivity contribution < 1.29 is 4.79 Å². The lowest BCUT2D eigenvalue weighted by Crippen LogP contribution is -2.31. The molecule has 2 amide bonds. The Morgan fingerprint density at radius 2 is 1.91 bits per heavy atom. The third-order valence-electron chi connectivity index (χ3n) is 6.82. The molecule has 0 unspecified atom stereocenters. The number of hydrogen-bond acceptors (Lipinski definition) is 3. The Morgan fingerprint density at radius 3 is 2.74 bits per heavy atom. The molecule has 0 fully saturated rings. The largest absolute Gasteiger partial charge is 0.323 e. The summed E-state index contributed by atoms with van der Waals surface area (Å²) in [6, 6.07) is 16.2. The zero-order chi connectivity index (χ0) is 23.5. The van der Waals surface area contributed by atoms with Gasteiger partial charge in [-0.1, -0.05) is 50.3 Å². The standard InChI is InChI=1S/C29H32N4O/c1-20(2)21-10-12-24(13-11-21)31-29(34)32-28-9-5-6-22-18-33(17-15-26(22)28)19-23-14-16-30-27-8-4-3-7-25(23)27/h3,5-7,9-14,16,20H,4,8,15,17-19H2,1-2H3,(H2,31,32,34). The second kappa shape index (κ2) is 9.82. The quantitative estimate of drug-likeness (QED) is 0.473. The molecular weight excluding hydrogens is 420 g/mol. The molecule has 0 bridgehead atoms. The van der Waals surface area contributed by atoms with Gasteiger partial charge in [0.2, 0.25) is 0 Å². The Labute approximate surface area is 201 Å². The van der Waals surface area contributed by atoms with Crippen LogP contribution in [0.5, 0.6) is 0 Å². The molecule has 0 radical (unpaired) electrons. The van der Waals surface area contributed by atoms with Crippen LogP contribution in [0.15, 0.2) is 60.8 Å². The minimum Gasteiger partial charge on any atom is -0.308 e. The number of amides is 2. The molecule has 3 aromatic rings. The van der Waals surface area contributed by atoms with Crippen LogP contribution in [0.1, 0.15) is 59.7 Å². The third kappa shape index (κ3) is 4.90. The van der Waals surface area contributed by atoms with E-state index < -0.39 is 0 Å². The van der Waals surface area contributed by atoms with Crippen molar-refractivity contribution in [1.82, 2.24) is 9.88 Å². The summed E-state index contributed by atoms with van der Waals surface area (Å²) in [6.45, 7) is 7.08. The lowest BCUT2D eigenvalue weighted by molar-refractivity contribution is 0.245. The first kappa shape index (κ1) is 22.4. The highest BCUT2D eigenvalue weighted by Crippen LogP contribution is 2.29. The predicted molar refractivity (Wildman–Crippen MR) is 139 cm³/mol. The molecule has 2 N–H and O–H groups in total. The summed E-state index contributed by atoms with van der Waals surface area (Å²) >= 11 is 0. The monoisotopic (exact) mass is 452 g/mol. The number of nitrogens with zero attached hydrogens (tertiary/aromatic N) is 2. The van der Waals surface area contributed by atoms with Crippen LogP contribution in [0, 0.1) is 0 Å². The number of aryl methyl sites for hydroxylation is 1. The third-order valence-corrected chi connectivity index (χ3v) is 6.82. The first-order valence-electron chi connectivity index (χ1n) is 12.2. The van der Waals surface area contributed by atoms with Gasteiger partial charge in [-0.25, -0.2) is 4.79 Å². The molecule has 0 saturated carbocycles. The Hall–Kier alpha value is -3.44. The molecule has 5 heteroatoms. The topological polar surface area (TPSA) is 57.3 Å². The summed E-state index contributed by atoms with van der Waals surface area (Å²) < 4.78 is 0. The van der Waals surface area contributed by atoms with E-state index in [0.29, 0.717) is 5.92 Å². The second-order valence-corrected chi connectivity index (χ2v) is 9.53. The van der Waals surface area contributed by atoms with Gasteiger partial charge >= 0.3 is 6.03 Å². The number of urea groups is 1. The number of allylic oxidation sites excluding steroid dienone is 1. The van der Waals surface area contributed by atoms with Crippen LogP contribution in [0.25, 0.3) is 6.08 Å². The second-order valence-electron chi connectivity index (χ2n) is 9.53. The molecule has 0 atom stereocenters. The minimum absolute atomic E-state index is 0.205. The molecule has 174 valence electrons. The highest BCUT2D eigenvalue weighted by molar-refractivity contribution is 6.00. The van der Waals surface area contributed by atoms with E-state index in [1.54, 1.807) is 0 Å². The van der Waals surface area contributed by atoms with Crippen molar-refractivity contribution in [1.29, 1.82) is 0 Å². The summed E-state index contributed by atoms with van der Waals surface area (Å²) in [5.74, 6) is 0.471. The maximum Gasteiger partial charge on any atom is 0.323 e. The summed E-state index contributed by atoms with van der Waals surface area (Å²) in [7, 11) is 0. The Bertz CT molecular complexity index is 1210. The molecule has 2 aliphatic rings. The van der Waals surface area contributed by atoms with E-state index in [-0.39, 0.29) is 6.03 Å². The fourth-order valence-electron chi connectivity index (χ4n) is 4.92. The molecule has 34 heavy (non-hydrogen) atoms. The van der Waals surface area contributed by atoms with E-state index in [1.165, 1.54) is 33.5 Å². The van der Waals surface area contributed by atoms with Crippen LogP contribution in [0.3, 0.4) is 0 Å². The number of benzene rings is 2. The van der Waals surface area contributed by atoms with E-state index >= 15 is 0 Å². The van der Waals surface area contributed by atoms with Crippen molar-refractivity contribution in [2.45, 2.75) is 52.1 Å². The summed E-state index contributed by atoms with van der Waals surface area (Å²) in [5, 5.41) is 6.04. The number of carbonyl (C=O) groups is 1. The Balaban J connectivity index is 1.25. The van der Waals surface area contributed by atoms with E-state index in [1.807, 2.05) is 30.5 Å². The number of hydrogen-bond donors (Lipinski definition) is 2. The zero-order valence-corrected chi connectivity index (χ0v) is 20.0. The first-order valence-corrected chi connectivity index (χ1v) is 12.2. The van der Waals surface area contributed by atoms with Crippen molar-refractivity contribution in [3.05, 3.63) is 94.3 Å². The lowest BCUT2D eigenvalue weighted by Gasteiger charge is -2.31. The van der Waals surface area contributed by atoms with E-state index in [2.05, 4.69) is 70.8 Å². The van der Waals surface area contributed by atoms with Gasteiger partial charge in [-0.05, 0) is 71.7 Å². The number of anilines is 2. The summed E-state index contributed by atoms with van der Waals surface area (Å²) in [5.41, 5.74) is 9.34. The van der Waals surface area contributed by atoms with Crippen LogP contribution in [0.2, 0.25) is 0 Å². The van der Waals surface area contributed by atoms with Crippen molar-refractivity contribution in [2.75, 3.05) is 17.2 Å². The van der Waals surface area contributed by atoms with Gasteiger partial charge in [-0.2, -0.15) is 0 Å². The van der Waals surface area contributed by atoms with Gasteiger partial charge in [0.05, 0.1) is 0 Å². The SMILES string of the molecule is CC(C)c1ccc(NC(=O)Nc2cccc3c2CCN(Cc2ccnc4c2C=CCC4)C3)cc1. The van der Waals surface area contributed by atoms with E-state index in [0.717, 1.165) is 50.3 Å². The normalized spacial score (nSPS) is 15.0. The Morgan fingerprint density at radius 1 is 1.06 bits per heavy atom. The summed E-state index contributed by atoms with van der Waals surface area (Å²) in [6.07, 6.45) is 9.45. The number of aromatic nitrogens is 1. The number of fused-ring (bicyclic) bond motifs is 2. The minimum atomic E-state index is -0.205. The van der Waals surface area contributed by atoms with Crippen molar-refractivity contribution in [2.24, 2.45) is 0 Å². The zero-order valence-electron chi connectivity index (χ0n) is 20.0. The van der Waals surface area contributed by atoms with Crippen molar-refractivity contribution in [3.8, 4) is 0 Å². The van der Waals surface area contributed by atoms with Gasteiger partial charge in [0.25, 0.3) is 0 Å².